The van der Waals surface area contributed by atoms with E-state index in [0.717, 1.165) is 19.4 Å². The van der Waals surface area contributed by atoms with Gasteiger partial charge in [-0.05, 0) is 48.5 Å². The van der Waals surface area contributed by atoms with Gasteiger partial charge in [-0.15, -0.1) is 0 Å². The lowest BCUT2D eigenvalue weighted by Crippen LogP contribution is -2.12. The Morgan fingerprint density at radius 3 is 2.81 bits per heavy atom. The number of nitrogens with zero attached hydrogens (tertiary/aromatic N) is 1. The van der Waals surface area contributed by atoms with Crippen LogP contribution in [0.3, 0.4) is 0 Å². The molecule has 1 aromatic carbocycles. The summed E-state index contributed by atoms with van der Waals surface area (Å²) < 4.78 is 0. The summed E-state index contributed by atoms with van der Waals surface area (Å²) in [5.74, 6) is 0. The Morgan fingerprint density at radius 2 is 2.12 bits per heavy atom. The molecule has 0 amide bonds. The van der Waals surface area contributed by atoms with Crippen molar-refractivity contribution in [3.63, 3.8) is 0 Å². The zero-order valence-electron chi connectivity index (χ0n) is 9.96. The van der Waals surface area contributed by atoms with E-state index in [9.17, 15) is 0 Å². The molecule has 0 aliphatic carbocycles. The Labute approximate surface area is 96.2 Å². The Hall–Kier alpha value is -1.48. The monoisotopic (exact) mass is 217 g/mol. The molecule has 86 valence electrons. The molecule has 0 aliphatic rings. The van der Waals surface area contributed by atoms with Gasteiger partial charge in [0.05, 0.1) is 0 Å². The van der Waals surface area contributed by atoms with Crippen LogP contribution in [0.1, 0.15) is 12.0 Å². The van der Waals surface area contributed by atoms with Crippen LogP contribution in [0.4, 0.5) is 5.69 Å². The van der Waals surface area contributed by atoms with E-state index < -0.39 is 0 Å². The van der Waals surface area contributed by atoms with E-state index in [2.05, 4.69) is 42.2 Å². The number of hydrogen-bond donors (Lipinski definition) is 2. The molecule has 3 nitrogen and oxygen atoms in total. The summed E-state index contributed by atoms with van der Waals surface area (Å²) in [5.41, 5.74) is 9.43. The second-order valence-electron chi connectivity index (χ2n) is 4.33. The molecule has 1 heterocycles. The largest absolute Gasteiger partial charge is 0.377 e. The summed E-state index contributed by atoms with van der Waals surface area (Å²) in [6.45, 7) is 0.748. The molecule has 0 atom stereocenters. The van der Waals surface area contributed by atoms with Crippen molar-refractivity contribution in [2.45, 2.75) is 12.8 Å². The number of nitrogens with two attached hydrogens (primary N) is 1. The average molecular weight is 217 g/mol. The fraction of sp³-hybridized carbons (Fsp3) is 0.385. The second kappa shape index (κ2) is 4.58. The third-order valence-electron chi connectivity index (χ3n) is 2.88. The first-order valence-corrected chi connectivity index (χ1v) is 5.70. The Bertz CT molecular complexity index is 471. The Balaban J connectivity index is 2.45. The number of anilines is 1. The summed E-state index contributed by atoms with van der Waals surface area (Å²) in [4.78, 5) is 5.41. The maximum absolute atomic E-state index is 5.58. The van der Waals surface area contributed by atoms with Gasteiger partial charge in [-0.25, -0.2) is 0 Å². The predicted octanol–water partition coefficient (Wildman–Crippen LogP) is 2.13. The van der Waals surface area contributed by atoms with Crippen LogP contribution < -0.4 is 10.6 Å². The number of H-pyrrole nitrogens is 1. The van der Waals surface area contributed by atoms with E-state index in [1.165, 1.54) is 22.2 Å². The lowest BCUT2D eigenvalue weighted by atomic mass is 10.0. The van der Waals surface area contributed by atoms with E-state index in [1.807, 2.05) is 6.20 Å². The highest BCUT2D eigenvalue weighted by Crippen LogP contribution is 2.26. The molecule has 0 aliphatic heterocycles. The molecule has 3 N–H and O–H groups in total. The highest BCUT2D eigenvalue weighted by atomic mass is 15.1. The van der Waals surface area contributed by atoms with Crippen molar-refractivity contribution in [1.82, 2.24) is 4.98 Å². The van der Waals surface area contributed by atoms with Crippen LogP contribution in [0.2, 0.25) is 0 Å². The van der Waals surface area contributed by atoms with Crippen molar-refractivity contribution in [1.29, 1.82) is 0 Å². The smallest absolute Gasteiger partial charge is 0.0474 e. The van der Waals surface area contributed by atoms with Crippen molar-refractivity contribution in [2.75, 3.05) is 25.5 Å². The molecule has 2 rings (SSSR count). The van der Waals surface area contributed by atoms with Crippen LogP contribution in [-0.2, 0) is 6.42 Å². The van der Waals surface area contributed by atoms with Crippen molar-refractivity contribution in [2.24, 2.45) is 5.73 Å². The summed E-state index contributed by atoms with van der Waals surface area (Å²) in [6.07, 6.45) is 4.07. The van der Waals surface area contributed by atoms with E-state index in [0.29, 0.717) is 0 Å². The number of hydrogen-bond acceptors (Lipinski definition) is 2. The van der Waals surface area contributed by atoms with Crippen LogP contribution in [0.5, 0.6) is 0 Å². The highest BCUT2D eigenvalue weighted by Gasteiger charge is 2.07. The minimum absolute atomic E-state index is 0.748. The maximum Gasteiger partial charge on any atom is 0.0474 e. The van der Waals surface area contributed by atoms with Gasteiger partial charge in [0.1, 0.15) is 0 Å². The number of aromatic nitrogens is 1. The van der Waals surface area contributed by atoms with Gasteiger partial charge in [-0.3, -0.25) is 0 Å². The number of aromatic amines is 1. The third-order valence-corrected chi connectivity index (χ3v) is 2.88. The van der Waals surface area contributed by atoms with Gasteiger partial charge in [-0.1, -0.05) is 0 Å². The van der Waals surface area contributed by atoms with Crippen molar-refractivity contribution in [3.05, 3.63) is 30.0 Å². The zero-order valence-corrected chi connectivity index (χ0v) is 9.96. The average Bonchev–Trinajstić information content (AvgIpc) is 2.71. The summed E-state index contributed by atoms with van der Waals surface area (Å²) in [6, 6.07) is 6.58. The Morgan fingerprint density at radius 1 is 1.31 bits per heavy atom. The van der Waals surface area contributed by atoms with Crippen LogP contribution >= 0.6 is 0 Å². The maximum atomic E-state index is 5.58. The first-order chi connectivity index (χ1) is 7.72. The molecule has 0 spiro atoms. The molecule has 0 saturated carbocycles. The second-order valence-corrected chi connectivity index (χ2v) is 4.33. The van der Waals surface area contributed by atoms with E-state index >= 15 is 0 Å². The first kappa shape index (κ1) is 11.0. The van der Waals surface area contributed by atoms with Crippen LogP contribution in [0, 0.1) is 0 Å². The molecule has 0 radical (unpaired) electrons. The van der Waals surface area contributed by atoms with Crippen molar-refractivity contribution in [3.8, 4) is 0 Å². The number of rotatable bonds is 4. The fourth-order valence-electron chi connectivity index (χ4n) is 2.05. The molecule has 0 fully saturated rings. The number of nitrogens with one attached hydrogen (secondary N) is 1. The van der Waals surface area contributed by atoms with Gasteiger partial charge in [0.25, 0.3) is 0 Å². The van der Waals surface area contributed by atoms with Gasteiger partial charge >= 0.3 is 0 Å². The van der Waals surface area contributed by atoms with Crippen LogP contribution in [0.15, 0.2) is 24.4 Å². The summed E-state index contributed by atoms with van der Waals surface area (Å²) in [7, 11) is 4.16. The molecule has 1 aromatic heterocycles. The predicted molar refractivity (Wildman–Crippen MR) is 70.0 cm³/mol. The van der Waals surface area contributed by atoms with Crippen molar-refractivity contribution < 1.29 is 0 Å². The van der Waals surface area contributed by atoms with E-state index in [1.54, 1.807) is 0 Å². The lowest BCUT2D eigenvalue weighted by Gasteiger charge is -2.17. The SMILES string of the molecule is CN(C)c1cc2[nH]ccc2cc1CCCN. The topological polar surface area (TPSA) is 45.0 Å². The van der Waals surface area contributed by atoms with Gasteiger partial charge in [0, 0.05) is 31.5 Å². The standard InChI is InChI=1S/C13H19N3/c1-16(2)13-9-12-10(5-7-15-12)8-11(13)4-3-6-14/h5,7-9,15H,3-4,6,14H2,1-2H3. The first-order valence-electron chi connectivity index (χ1n) is 5.70. The molecular formula is C13H19N3. The third kappa shape index (κ3) is 2.04. The number of fused-ring (bicyclic) bond motifs is 1. The fourth-order valence-corrected chi connectivity index (χ4v) is 2.05. The minimum atomic E-state index is 0.748. The molecule has 0 saturated heterocycles. The molecule has 0 unspecified atom stereocenters. The van der Waals surface area contributed by atoms with Gasteiger partial charge < -0.3 is 15.6 Å². The molecule has 16 heavy (non-hydrogen) atoms. The van der Waals surface area contributed by atoms with Crippen molar-refractivity contribution >= 4 is 16.6 Å². The Kier molecular flexibility index (Phi) is 3.15. The summed E-state index contributed by atoms with van der Waals surface area (Å²) >= 11 is 0. The van der Waals surface area contributed by atoms with E-state index in [4.69, 9.17) is 5.73 Å². The van der Waals surface area contributed by atoms with Crippen LogP contribution in [0.25, 0.3) is 10.9 Å². The zero-order chi connectivity index (χ0) is 11.5. The van der Waals surface area contributed by atoms with Gasteiger partial charge in [0.15, 0.2) is 0 Å². The highest BCUT2D eigenvalue weighted by molar-refractivity contribution is 5.84. The quantitative estimate of drug-likeness (QED) is 0.824. The van der Waals surface area contributed by atoms with Gasteiger partial charge in [0.2, 0.25) is 0 Å². The molecular weight excluding hydrogens is 198 g/mol. The number of aryl methyl sites for hydroxylation is 1. The molecule has 2 aromatic rings. The summed E-state index contributed by atoms with van der Waals surface area (Å²) in [5, 5.41) is 1.28. The number of benzene rings is 1. The minimum Gasteiger partial charge on any atom is -0.377 e. The molecule has 0 bridgehead atoms. The molecule has 3 heteroatoms. The van der Waals surface area contributed by atoms with Gasteiger partial charge in [-0.2, -0.15) is 0 Å². The van der Waals surface area contributed by atoms with E-state index in [-0.39, 0.29) is 0 Å². The van der Waals surface area contributed by atoms with Crippen LogP contribution in [-0.4, -0.2) is 25.6 Å². The normalized spacial score (nSPS) is 10.9. The lowest BCUT2D eigenvalue weighted by molar-refractivity contribution is 0.830.